The van der Waals surface area contributed by atoms with Crippen LogP contribution in [0.4, 0.5) is 0 Å². The average molecular weight is 438 g/mol. The van der Waals surface area contributed by atoms with E-state index in [1.807, 2.05) is 58.3 Å². The first-order valence-corrected chi connectivity index (χ1v) is 11.8. The summed E-state index contributed by atoms with van der Waals surface area (Å²) in [7, 11) is 0. The Hall–Kier alpha value is -3.60. The highest BCUT2D eigenvalue weighted by Gasteiger charge is 2.33. The summed E-state index contributed by atoms with van der Waals surface area (Å²) in [6.45, 7) is 2.69. The zero-order valence-corrected chi connectivity index (χ0v) is 18.6. The van der Waals surface area contributed by atoms with Crippen molar-refractivity contribution >= 4 is 33.5 Å². The molecule has 3 heterocycles. The predicted molar refractivity (Wildman–Crippen MR) is 130 cm³/mol. The lowest BCUT2D eigenvalue weighted by Gasteiger charge is -2.35. The first-order valence-electron chi connectivity index (χ1n) is 11.8. The molecule has 5 heteroatoms. The van der Waals surface area contributed by atoms with Crippen LogP contribution in [0.1, 0.15) is 34.5 Å². The molecule has 3 aromatic carbocycles. The third kappa shape index (κ3) is 3.48. The van der Waals surface area contributed by atoms with Crippen molar-refractivity contribution in [2.24, 2.45) is 5.92 Å². The minimum absolute atomic E-state index is 0.00618. The Balaban J connectivity index is 1.14. The number of fused-ring (bicyclic) bond motifs is 4. The van der Waals surface area contributed by atoms with E-state index >= 15 is 0 Å². The summed E-state index contributed by atoms with van der Waals surface area (Å²) in [5, 5.41) is 3.29. The van der Waals surface area contributed by atoms with Crippen molar-refractivity contribution in [2.45, 2.75) is 25.8 Å². The molecule has 0 bridgehead atoms. The number of rotatable bonds is 2. The summed E-state index contributed by atoms with van der Waals surface area (Å²) in [6.07, 6.45) is 2.33. The number of benzene rings is 3. The molecule has 5 nitrogen and oxygen atoms in total. The number of nitrogens with zero attached hydrogens (tertiary/aromatic N) is 2. The van der Waals surface area contributed by atoms with Crippen LogP contribution < -0.4 is 0 Å². The number of piperidine rings is 1. The van der Waals surface area contributed by atoms with Crippen molar-refractivity contribution in [2.75, 3.05) is 19.6 Å². The Morgan fingerprint density at radius 1 is 0.788 bits per heavy atom. The molecule has 1 aromatic heterocycles. The molecular weight excluding hydrogens is 410 g/mol. The van der Waals surface area contributed by atoms with E-state index in [9.17, 15) is 9.59 Å². The number of nitrogens with one attached hydrogen (secondary N) is 1. The van der Waals surface area contributed by atoms with Gasteiger partial charge in [-0.3, -0.25) is 9.59 Å². The van der Waals surface area contributed by atoms with E-state index in [0.717, 1.165) is 47.7 Å². The fourth-order valence-electron chi connectivity index (χ4n) is 5.52. The van der Waals surface area contributed by atoms with Crippen LogP contribution in [-0.4, -0.2) is 46.2 Å². The van der Waals surface area contributed by atoms with Gasteiger partial charge < -0.3 is 14.8 Å². The fraction of sp³-hybridized carbons (Fsp3) is 0.286. The number of hydrogen-bond acceptors (Lipinski definition) is 2. The van der Waals surface area contributed by atoms with Crippen LogP contribution in [0.3, 0.4) is 0 Å². The molecule has 0 radical (unpaired) electrons. The molecule has 33 heavy (non-hydrogen) atoms. The van der Waals surface area contributed by atoms with Gasteiger partial charge >= 0.3 is 0 Å². The Kier molecular flexibility index (Phi) is 4.90. The van der Waals surface area contributed by atoms with Crippen molar-refractivity contribution in [3.05, 3.63) is 83.6 Å². The molecule has 166 valence electrons. The van der Waals surface area contributed by atoms with Crippen molar-refractivity contribution in [3.63, 3.8) is 0 Å². The maximum Gasteiger partial charge on any atom is 0.254 e. The predicted octanol–water partition coefficient (Wildman–Crippen LogP) is 4.76. The average Bonchev–Trinajstić information content (AvgIpc) is 3.25. The summed E-state index contributed by atoms with van der Waals surface area (Å²) >= 11 is 0. The van der Waals surface area contributed by atoms with Gasteiger partial charge in [-0.15, -0.1) is 0 Å². The van der Waals surface area contributed by atoms with E-state index in [-0.39, 0.29) is 17.7 Å². The largest absolute Gasteiger partial charge is 0.358 e. The molecule has 2 amide bonds. The SMILES string of the molecule is O=C(c1cccc2ccccc12)N1CCC(C(=O)N2CCc3[nH]c4ccccc4c3C2)CC1. The van der Waals surface area contributed by atoms with Crippen molar-refractivity contribution in [1.82, 2.24) is 14.8 Å². The second-order valence-corrected chi connectivity index (χ2v) is 9.23. The van der Waals surface area contributed by atoms with Gasteiger partial charge in [-0.05, 0) is 35.7 Å². The maximum absolute atomic E-state index is 13.4. The van der Waals surface area contributed by atoms with Gasteiger partial charge in [0.25, 0.3) is 5.91 Å². The van der Waals surface area contributed by atoms with Crippen molar-refractivity contribution in [1.29, 1.82) is 0 Å². The molecule has 0 atom stereocenters. The van der Waals surface area contributed by atoms with Crippen molar-refractivity contribution < 1.29 is 9.59 Å². The highest BCUT2D eigenvalue weighted by Crippen LogP contribution is 2.30. The maximum atomic E-state index is 13.4. The summed E-state index contributed by atoms with van der Waals surface area (Å²) in [5.41, 5.74) is 4.42. The van der Waals surface area contributed by atoms with Crippen LogP contribution in [-0.2, 0) is 17.8 Å². The minimum atomic E-state index is -0.00618. The van der Waals surface area contributed by atoms with Crippen LogP contribution in [0.15, 0.2) is 66.7 Å². The Labute approximate surface area is 193 Å². The molecular formula is C28H27N3O2. The number of amides is 2. The summed E-state index contributed by atoms with van der Waals surface area (Å²) in [5.74, 6) is 0.302. The van der Waals surface area contributed by atoms with Gasteiger partial charge in [0.05, 0.1) is 0 Å². The zero-order valence-electron chi connectivity index (χ0n) is 18.6. The molecule has 1 N–H and O–H groups in total. The van der Waals surface area contributed by atoms with E-state index in [1.165, 1.54) is 16.6 Å². The smallest absolute Gasteiger partial charge is 0.254 e. The van der Waals surface area contributed by atoms with Gasteiger partial charge in [0.1, 0.15) is 0 Å². The fourth-order valence-corrected chi connectivity index (χ4v) is 5.52. The lowest BCUT2D eigenvalue weighted by Crippen LogP contribution is -2.45. The first-order chi connectivity index (χ1) is 16.2. The van der Waals surface area contributed by atoms with E-state index in [0.29, 0.717) is 19.6 Å². The molecule has 1 saturated heterocycles. The lowest BCUT2D eigenvalue weighted by molar-refractivity contribution is -0.137. The number of para-hydroxylation sites is 1. The van der Waals surface area contributed by atoms with E-state index in [4.69, 9.17) is 0 Å². The number of hydrogen-bond donors (Lipinski definition) is 1. The number of carbonyl (C=O) groups excluding carboxylic acids is 2. The second-order valence-electron chi connectivity index (χ2n) is 9.23. The Morgan fingerprint density at radius 2 is 1.52 bits per heavy atom. The molecule has 1 fully saturated rings. The second kappa shape index (κ2) is 8.07. The Bertz CT molecular complexity index is 1360. The van der Waals surface area contributed by atoms with E-state index in [1.54, 1.807) is 0 Å². The standard InChI is InChI=1S/C28H27N3O2/c32-27(31-17-14-26-24(18-31)22-9-3-4-11-25(22)29-26)20-12-15-30(16-13-20)28(33)23-10-5-7-19-6-1-2-8-21(19)23/h1-11,20,29H,12-18H2. The first kappa shape index (κ1) is 20.0. The van der Waals surface area contributed by atoms with Gasteiger partial charge in [-0.25, -0.2) is 0 Å². The normalized spacial score (nSPS) is 16.8. The summed E-state index contributed by atoms with van der Waals surface area (Å²) < 4.78 is 0. The molecule has 4 aromatic rings. The van der Waals surface area contributed by atoms with Crippen LogP contribution in [0, 0.1) is 5.92 Å². The van der Waals surface area contributed by atoms with Crippen molar-refractivity contribution in [3.8, 4) is 0 Å². The number of carbonyl (C=O) groups is 2. The molecule has 0 unspecified atom stereocenters. The third-order valence-electron chi connectivity index (χ3n) is 7.35. The molecule has 6 rings (SSSR count). The molecule has 2 aliphatic rings. The molecule has 0 aliphatic carbocycles. The summed E-state index contributed by atoms with van der Waals surface area (Å²) in [4.78, 5) is 34.1. The van der Waals surface area contributed by atoms with Gasteiger partial charge in [-0.1, -0.05) is 54.6 Å². The highest BCUT2D eigenvalue weighted by atomic mass is 16.2. The van der Waals surface area contributed by atoms with Gasteiger partial charge in [0.15, 0.2) is 0 Å². The monoisotopic (exact) mass is 437 g/mol. The van der Waals surface area contributed by atoms with Crippen LogP contribution >= 0.6 is 0 Å². The van der Waals surface area contributed by atoms with Gasteiger partial charge in [-0.2, -0.15) is 0 Å². The van der Waals surface area contributed by atoms with Gasteiger partial charge in [0.2, 0.25) is 5.91 Å². The number of aromatic nitrogens is 1. The van der Waals surface area contributed by atoms with Crippen LogP contribution in [0.25, 0.3) is 21.7 Å². The summed E-state index contributed by atoms with van der Waals surface area (Å²) in [6, 6.07) is 22.2. The molecule has 0 saturated carbocycles. The Morgan fingerprint density at radius 3 is 2.36 bits per heavy atom. The number of aromatic amines is 1. The van der Waals surface area contributed by atoms with E-state index < -0.39 is 0 Å². The van der Waals surface area contributed by atoms with Crippen LogP contribution in [0.5, 0.6) is 0 Å². The van der Waals surface area contributed by atoms with E-state index in [2.05, 4.69) is 23.2 Å². The minimum Gasteiger partial charge on any atom is -0.358 e. The third-order valence-corrected chi connectivity index (χ3v) is 7.35. The van der Waals surface area contributed by atoms with Gasteiger partial charge in [0, 0.05) is 66.2 Å². The molecule has 2 aliphatic heterocycles. The molecule has 0 spiro atoms. The van der Waals surface area contributed by atoms with Crippen LogP contribution in [0.2, 0.25) is 0 Å². The number of likely N-dealkylation sites (tertiary alicyclic amines) is 1. The lowest BCUT2D eigenvalue weighted by atomic mass is 9.93. The number of H-pyrrole nitrogens is 1. The highest BCUT2D eigenvalue weighted by molar-refractivity contribution is 6.07. The quantitative estimate of drug-likeness (QED) is 0.492. The zero-order chi connectivity index (χ0) is 22.4. The topological polar surface area (TPSA) is 56.4 Å².